The lowest BCUT2D eigenvalue weighted by Crippen LogP contribution is -2.20. The summed E-state index contributed by atoms with van der Waals surface area (Å²) in [5.41, 5.74) is 0.976. The fourth-order valence-electron chi connectivity index (χ4n) is 2.83. The molecule has 0 amide bonds. The molecular formula is C16H26ClN3. The van der Waals surface area contributed by atoms with Crippen LogP contribution in [-0.2, 0) is 6.42 Å². The number of nitrogens with zero attached hydrogens (tertiary/aromatic N) is 2. The van der Waals surface area contributed by atoms with Gasteiger partial charge in [-0.15, -0.1) is 0 Å². The molecule has 2 unspecified atom stereocenters. The van der Waals surface area contributed by atoms with E-state index < -0.39 is 0 Å². The Bertz CT molecular complexity index is 448. The molecule has 2 atom stereocenters. The van der Waals surface area contributed by atoms with Crippen LogP contribution in [0.2, 0.25) is 5.15 Å². The Balaban J connectivity index is 2.11. The first-order valence-corrected chi connectivity index (χ1v) is 8.27. The predicted octanol–water partition coefficient (Wildman–Crippen LogP) is 4.77. The third-order valence-corrected chi connectivity index (χ3v) is 4.57. The zero-order valence-electron chi connectivity index (χ0n) is 12.9. The van der Waals surface area contributed by atoms with Gasteiger partial charge in [0.15, 0.2) is 0 Å². The van der Waals surface area contributed by atoms with Crippen molar-refractivity contribution in [3.63, 3.8) is 0 Å². The van der Waals surface area contributed by atoms with E-state index in [1.807, 2.05) is 6.92 Å². The molecule has 1 heterocycles. The third kappa shape index (κ3) is 4.08. The molecule has 20 heavy (non-hydrogen) atoms. The molecule has 1 aliphatic rings. The van der Waals surface area contributed by atoms with Gasteiger partial charge >= 0.3 is 0 Å². The Morgan fingerprint density at radius 1 is 1.20 bits per heavy atom. The van der Waals surface area contributed by atoms with Crippen LogP contribution in [0.5, 0.6) is 0 Å². The van der Waals surface area contributed by atoms with Crippen molar-refractivity contribution in [2.45, 2.75) is 71.8 Å². The monoisotopic (exact) mass is 295 g/mol. The minimum atomic E-state index is 0.527. The minimum Gasteiger partial charge on any atom is -0.367 e. The molecule has 0 bridgehead atoms. The van der Waals surface area contributed by atoms with Crippen molar-refractivity contribution < 1.29 is 0 Å². The summed E-state index contributed by atoms with van der Waals surface area (Å²) < 4.78 is 0. The Labute approximate surface area is 127 Å². The van der Waals surface area contributed by atoms with Crippen LogP contribution >= 0.6 is 11.6 Å². The summed E-state index contributed by atoms with van der Waals surface area (Å²) in [6.07, 6.45) is 8.34. The smallest absolute Gasteiger partial charge is 0.137 e. The van der Waals surface area contributed by atoms with Crippen molar-refractivity contribution in [1.82, 2.24) is 9.97 Å². The summed E-state index contributed by atoms with van der Waals surface area (Å²) in [6.45, 7) is 6.49. The van der Waals surface area contributed by atoms with E-state index in [-0.39, 0.29) is 0 Å². The Kier molecular flexibility index (Phi) is 5.64. The first-order valence-electron chi connectivity index (χ1n) is 7.89. The number of aryl methyl sites for hydroxylation is 1. The van der Waals surface area contributed by atoms with E-state index in [1.165, 1.54) is 32.1 Å². The Morgan fingerprint density at radius 2 is 2.00 bits per heavy atom. The fourth-order valence-corrected chi connectivity index (χ4v) is 3.02. The molecule has 0 spiro atoms. The van der Waals surface area contributed by atoms with Crippen molar-refractivity contribution in [1.29, 1.82) is 0 Å². The highest BCUT2D eigenvalue weighted by Gasteiger charge is 2.18. The number of nitrogens with one attached hydrogen (secondary N) is 1. The average Bonchev–Trinajstić information content (AvgIpc) is 2.61. The first-order chi connectivity index (χ1) is 9.60. The number of hydrogen-bond acceptors (Lipinski definition) is 3. The van der Waals surface area contributed by atoms with Gasteiger partial charge in [0, 0.05) is 18.0 Å². The lowest BCUT2D eigenvalue weighted by molar-refractivity contribution is 0.501. The highest BCUT2D eigenvalue weighted by molar-refractivity contribution is 6.30. The maximum Gasteiger partial charge on any atom is 0.137 e. The van der Waals surface area contributed by atoms with E-state index in [0.29, 0.717) is 11.2 Å². The van der Waals surface area contributed by atoms with E-state index in [9.17, 15) is 0 Å². The summed E-state index contributed by atoms with van der Waals surface area (Å²) in [6, 6.07) is 0.527. The molecule has 3 nitrogen and oxygen atoms in total. The maximum atomic E-state index is 6.24. The summed E-state index contributed by atoms with van der Waals surface area (Å²) in [5.74, 6) is 2.65. The molecule has 112 valence electrons. The van der Waals surface area contributed by atoms with Gasteiger partial charge in [-0.2, -0.15) is 0 Å². The van der Waals surface area contributed by atoms with E-state index in [4.69, 9.17) is 11.6 Å². The van der Waals surface area contributed by atoms with Gasteiger partial charge in [0.05, 0.1) is 0 Å². The van der Waals surface area contributed by atoms with Crippen molar-refractivity contribution in [3.05, 3.63) is 16.5 Å². The number of aromatic nitrogens is 2. The SMILES string of the molecule is CCCc1nc(Cl)c(C)c(NC2CCCC(C)CC2)n1. The molecule has 0 aromatic carbocycles. The van der Waals surface area contributed by atoms with Crippen LogP contribution in [-0.4, -0.2) is 16.0 Å². The van der Waals surface area contributed by atoms with Gasteiger partial charge in [0.1, 0.15) is 16.8 Å². The van der Waals surface area contributed by atoms with Crippen molar-refractivity contribution in [2.24, 2.45) is 5.92 Å². The van der Waals surface area contributed by atoms with E-state index >= 15 is 0 Å². The summed E-state index contributed by atoms with van der Waals surface area (Å²) in [5, 5.41) is 4.20. The molecule has 1 N–H and O–H groups in total. The normalized spacial score (nSPS) is 23.4. The van der Waals surface area contributed by atoms with Crippen LogP contribution < -0.4 is 5.32 Å². The lowest BCUT2D eigenvalue weighted by atomic mass is 10.0. The summed E-state index contributed by atoms with van der Waals surface area (Å²) >= 11 is 6.24. The summed E-state index contributed by atoms with van der Waals surface area (Å²) in [7, 11) is 0. The van der Waals surface area contributed by atoms with Gasteiger partial charge in [0.2, 0.25) is 0 Å². The van der Waals surface area contributed by atoms with Crippen LogP contribution in [0.1, 0.15) is 63.8 Å². The van der Waals surface area contributed by atoms with Gasteiger partial charge < -0.3 is 5.32 Å². The first kappa shape index (κ1) is 15.6. The molecule has 1 aromatic heterocycles. The highest BCUT2D eigenvalue weighted by Crippen LogP contribution is 2.27. The molecule has 1 aromatic rings. The van der Waals surface area contributed by atoms with E-state index in [1.54, 1.807) is 0 Å². The van der Waals surface area contributed by atoms with Crippen LogP contribution in [0.15, 0.2) is 0 Å². The quantitative estimate of drug-likeness (QED) is 0.642. The van der Waals surface area contributed by atoms with Gasteiger partial charge in [-0.1, -0.05) is 38.3 Å². The van der Waals surface area contributed by atoms with Gasteiger partial charge in [-0.25, -0.2) is 9.97 Å². The topological polar surface area (TPSA) is 37.8 Å². The molecule has 0 aliphatic heterocycles. The zero-order chi connectivity index (χ0) is 14.5. The van der Waals surface area contributed by atoms with Crippen LogP contribution in [0, 0.1) is 12.8 Å². The second-order valence-electron chi connectivity index (χ2n) is 6.11. The third-order valence-electron chi connectivity index (χ3n) is 4.20. The second kappa shape index (κ2) is 7.26. The molecule has 0 radical (unpaired) electrons. The van der Waals surface area contributed by atoms with Gasteiger partial charge in [-0.05, 0) is 38.5 Å². The van der Waals surface area contributed by atoms with Crippen molar-refractivity contribution in [2.75, 3.05) is 5.32 Å². The average molecular weight is 296 g/mol. The second-order valence-corrected chi connectivity index (χ2v) is 6.47. The Hall–Kier alpha value is -0.830. The standard InChI is InChI=1S/C16H26ClN3/c1-4-6-14-19-15(17)12(3)16(20-14)18-13-8-5-7-11(2)9-10-13/h11,13H,4-10H2,1-3H3,(H,18,19,20). The molecule has 2 rings (SSSR count). The highest BCUT2D eigenvalue weighted by atomic mass is 35.5. The van der Waals surface area contributed by atoms with Crippen molar-refractivity contribution in [3.8, 4) is 0 Å². The van der Waals surface area contributed by atoms with Crippen LogP contribution in [0.25, 0.3) is 0 Å². The molecule has 4 heteroatoms. The van der Waals surface area contributed by atoms with Crippen LogP contribution in [0.3, 0.4) is 0 Å². The number of anilines is 1. The van der Waals surface area contributed by atoms with Crippen LogP contribution in [0.4, 0.5) is 5.82 Å². The molecule has 1 aliphatic carbocycles. The zero-order valence-corrected chi connectivity index (χ0v) is 13.6. The number of rotatable bonds is 4. The largest absolute Gasteiger partial charge is 0.367 e. The molecule has 1 fully saturated rings. The van der Waals surface area contributed by atoms with Gasteiger partial charge in [-0.3, -0.25) is 0 Å². The molecule has 0 saturated heterocycles. The lowest BCUT2D eigenvalue weighted by Gasteiger charge is -2.19. The fraction of sp³-hybridized carbons (Fsp3) is 0.750. The van der Waals surface area contributed by atoms with Crippen molar-refractivity contribution >= 4 is 17.4 Å². The van der Waals surface area contributed by atoms with E-state index in [0.717, 1.165) is 36.0 Å². The van der Waals surface area contributed by atoms with Gasteiger partial charge in [0.25, 0.3) is 0 Å². The maximum absolute atomic E-state index is 6.24. The molecular weight excluding hydrogens is 270 g/mol. The number of halogens is 1. The summed E-state index contributed by atoms with van der Waals surface area (Å²) in [4.78, 5) is 9.02. The molecule has 1 saturated carbocycles. The number of hydrogen-bond donors (Lipinski definition) is 1. The minimum absolute atomic E-state index is 0.527. The predicted molar refractivity (Wildman–Crippen MR) is 85.4 cm³/mol. The van der Waals surface area contributed by atoms with E-state index in [2.05, 4.69) is 29.1 Å². The Morgan fingerprint density at radius 3 is 2.75 bits per heavy atom.